The van der Waals surface area contributed by atoms with Gasteiger partial charge >= 0.3 is 0 Å². The molecule has 11 heteroatoms. The smallest absolute Gasteiger partial charge is 0.225 e. The largest absolute Gasteiger partial charge is 0.377 e. The van der Waals surface area contributed by atoms with Gasteiger partial charge in [0, 0.05) is 42.3 Å². The van der Waals surface area contributed by atoms with E-state index in [0.717, 1.165) is 42.3 Å². The summed E-state index contributed by atoms with van der Waals surface area (Å²) in [4.78, 5) is 27.6. The number of aliphatic imine (C=N–C) groups is 1. The minimum absolute atomic E-state index is 0.228. The number of hydrogen-bond donors (Lipinski definition) is 2. The lowest BCUT2D eigenvalue weighted by Crippen LogP contribution is -2.45. The van der Waals surface area contributed by atoms with Crippen LogP contribution in [0.5, 0.6) is 0 Å². The van der Waals surface area contributed by atoms with Crippen LogP contribution in [0.1, 0.15) is 24.6 Å². The van der Waals surface area contributed by atoms with Crippen molar-refractivity contribution in [3.8, 4) is 17.5 Å². The second-order valence-electron chi connectivity index (χ2n) is 9.01. The van der Waals surface area contributed by atoms with Crippen LogP contribution in [-0.2, 0) is 17.7 Å². The maximum absolute atomic E-state index is 8.66. The molecule has 190 valence electrons. The molecule has 3 N–H and O–H groups in total. The molecule has 3 aromatic rings. The third-order valence-electron chi connectivity index (χ3n) is 6.44. The number of ether oxygens (including phenoxy) is 1. The van der Waals surface area contributed by atoms with E-state index in [1.807, 2.05) is 30.3 Å². The number of fused-ring (bicyclic) bond motifs is 1. The number of rotatable bonds is 6. The van der Waals surface area contributed by atoms with Crippen molar-refractivity contribution in [1.29, 1.82) is 5.26 Å². The molecule has 0 aliphatic carbocycles. The van der Waals surface area contributed by atoms with Gasteiger partial charge in [-0.1, -0.05) is 0 Å². The molecule has 1 saturated heterocycles. The van der Waals surface area contributed by atoms with Gasteiger partial charge in [-0.3, -0.25) is 4.99 Å². The fraction of sp³-hybridized carbons (Fsp3) is 0.385. The van der Waals surface area contributed by atoms with Crippen LogP contribution in [0.3, 0.4) is 0 Å². The van der Waals surface area contributed by atoms with E-state index in [1.165, 1.54) is 5.56 Å². The number of guanidine groups is 1. The van der Waals surface area contributed by atoms with Crippen molar-refractivity contribution in [2.45, 2.75) is 32.4 Å². The molecule has 1 atom stereocenters. The highest BCUT2D eigenvalue weighted by Crippen LogP contribution is 2.32. The summed E-state index contributed by atoms with van der Waals surface area (Å²) in [6.45, 7) is 6.12. The summed E-state index contributed by atoms with van der Waals surface area (Å²) in [5.41, 5.74) is 9.81. The van der Waals surface area contributed by atoms with Gasteiger partial charge in [-0.25, -0.2) is 19.9 Å². The van der Waals surface area contributed by atoms with Crippen LogP contribution < -0.4 is 20.9 Å². The van der Waals surface area contributed by atoms with E-state index in [1.54, 1.807) is 12.4 Å². The third kappa shape index (κ3) is 5.59. The molecule has 11 nitrogen and oxygen atoms in total. The monoisotopic (exact) mass is 498 g/mol. The predicted octanol–water partition coefficient (Wildman–Crippen LogP) is 2.36. The summed E-state index contributed by atoms with van der Waals surface area (Å²) in [7, 11) is 0. The van der Waals surface area contributed by atoms with Crippen LogP contribution >= 0.6 is 0 Å². The Hall–Kier alpha value is -4.30. The first-order chi connectivity index (χ1) is 18.1. The topological polar surface area (TPSA) is 141 Å². The van der Waals surface area contributed by atoms with Crippen LogP contribution in [0.4, 0.5) is 17.5 Å². The van der Waals surface area contributed by atoms with Crippen molar-refractivity contribution in [2.75, 3.05) is 48.0 Å². The van der Waals surface area contributed by atoms with Gasteiger partial charge in [-0.05, 0) is 43.7 Å². The van der Waals surface area contributed by atoms with E-state index in [4.69, 9.17) is 25.7 Å². The second kappa shape index (κ2) is 11.2. The molecule has 2 aliphatic heterocycles. The Balaban J connectivity index is 1.46. The van der Waals surface area contributed by atoms with E-state index in [-0.39, 0.29) is 12.0 Å². The van der Waals surface area contributed by atoms with Gasteiger partial charge in [0.25, 0.3) is 0 Å². The summed E-state index contributed by atoms with van der Waals surface area (Å²) in [5.74, 6) is 2.64. The van der Waals surface area contributed by atoms with Gasteiger partial charge < -0.3 is 25.6 Å². The van der Waals surface area contributed by atoms with Gasteiger partial charge in [-0.15, -0.1) is 0 Å². The fourth-order valence-electron chi connectivity index (χ4n) is 4.56. The average molecular weight is 499 g/mol. The van der Waals surface area contributed by atoms with Crippen LogP contribution in [0.15, 0.2) is 47.7 Å². The molecule has 0 saturated carbocycles. The molecule has 2 aromatic heterocycles. The number of benzene rings is 1. The number of nitriles is 1. The van der Waals surface area contributed by atoms with E-state index in [0.29, 0.717) is 44.5 Å². The van der Waals surface area contributed by atoms with Gasteiger partial charge in [0.15, 0.2) is 11.8 Å². The molecular formula is C26H30N10O. The summed E-state index contributed by atoms with van der Waals surface area (Å²) in [6.07, 6.45) is 4.68. The maximum Gasteiger partial charge on any atom is 0.225 e. The normalized spacial score (nSPS) is 17.7. The summed E-state index contributed by atoms with van der Waals surface area (Å²) in [6, 6.07) is 11.9. The van der Waals surface area contributed by atoms with Crippen molar-refractivity contribution in [3.05, 3.63) is 54.0 Å². The molecule has 37 heavy (non-hydrogen) atoms. The van der Waals surface area contributed by atoms with Crippen molar-refractivity contribution in [3.63, 3.8) is 0 Å². The quantitative estimate of drug-likeness (QED) is 0.295. The highest BCUT2D eigenvalue weighted by atomic mass is 16.5. The Morgan fingerprint density at radius 3 is 2.78 bits per heavy atom. The van der Waals surface area contributed by atoms with E-state index in [2.05, 4.69) is 43.1 Å². The standard InChI is InChI=1S/C26H30N10O/c1-18-17-37-15-14-36(18)24-21-8-13-35(26-30-11-3-12-31-26)16-22(21)33-23(34-24)19-4-6-20(7-5-19)32-25(28)29-10-2-9-27/h3-7,11-12,18H,2,8,10,13-17H2,1H3,(H3,28,29,32). The molecule has 1 unspecified atom stereocenters. The van der Waals surface area contributed by atoms with Gasteiger partial charge in [0.1, 0.15) is 5.82 Å². The number of nitrogens with one attached hydrogen (secondary N) is 1. The first-order valence-electron chi connectivity index (χ1n) is 12.4. The zero-order chi connectivity index (χ0) is 25.6. The van der Waals surface area contributed by atoms with Crippen LogP contribution in [0.2, 0.25) is 0 Å². The Labute approximate surface area is 216 Å². The Kier molecular flexibility index (Phi) is 7.37. The number of nitrogens with two attached hydrogens (primary N) is 1. The van der Waals surface area contributed by atoms with Gasteiger partial charge in [0.2, 0.25) is 5.95 Å². The average Bonchev–Trinajstić information content (AvgIpc) is 2.93. The molecule has 0 spiro atoms. The zero-order valence-electron chi connectivity index (χ0n) is 20.8. The van der Waals surface area contributed by atoms with Gasteiger partial charge in [-0.2, -0.15) is 5.26 Å². The molecule has 1 fully saturated rings. The molecule has 4 heterocycles. The first kappa shape index (κ1) is 24.4. The predicted molar refractivity (Wildman–Crippen MR) is 142 cm³/mol. The molecule has 5 rings (SSSR count). The van der Waals surface area contributed by atoms with E-state index < -0.39 is 0 Å². The van der Waals surface area contributed by atoms with E-state index in [9.17, 15) is 0 Å². The van der Waals surface area contributed by atoms with Crippen molar-refractivity contribution in [2.24, 2.45) is 10.7 Å². The molecular weight excluding hydrogens is 468 g/mol. The number of hydrogen-bond acceptors (Lipinski definition) is 9. The number of anilines is 3. The highest BCUT2D eigenvalue weighted by Gasteiger charge is 2.29. The minimum Gasteiger partial charge on any atom is -0.377 e. The van der Waals surface area contributed by atoms with Crippen LogP contribution in [0, 0.1) is 11.3 Å². The van der Waals surface area contributed by atoms with Gasteiger partial charge in [0.05, 0.1) is 50.5 Å². The summed E-state index contributed by atoms with van der Waals surface area (Å²) in [5, 5.41) is 11.7. The molecule has 2 aliphatic rings. The highest BCUT2D eigenvalue weighted by molar-refractivity contribution is 5.92. The molecule has 0 radical (unpaired) electrons. The van der Waals surface area contributed by atoms with Crippen molar-refractivity contribution in [1.82, 2.24) is 19.9 Å². The Morgan fingerprint density at radius 2 is 2.03 bits per heavy atom. The summed E-state index contributed by atoms with van der Waals surface area (Å²) < 4.78 is 5.69. The van der Waals surface area contributed by atoms with Crippen LogP contribution in [0.25, 0.3) is 11.4 Å². The Morgan fingerprint density at radius 1 is 1.22 bits per heavy atom. The second-order valence-corrected chi connectivity index (χ2v) is 9.01. The van der Waals surface area contributed by atoms with E-state index >= 15 is 0 Å². The first-order valence-corrected chi connectivity index (χ1v) is 12.4. The summed E-state index contributed by atoms with van der Waals surface area (Å²) >= 11 is 0. The minimum atomic E-state index is 0.228. The SMILES string of the molecule is CC1COCCN1c1nc(-c2ccc(N/C(N)=N\CCC#N)cc2)nc2c1CCN(c1ncccn1)C2. The third-order valence-corrected chi connectivity index (χ3v) is 6.44. The van der Waals surface area contributed by atoms with Crippen molar-refractivity contribution < 1.29 is 4.74 Å². The lowest BCUT2D eigenvalue weighted by atomic mass is 10.0. The fourth-order valence-corrected chi connectivity index (χ4v) is 4.56. The maximum atomic E-state index is 8.66. The molecule has 1 aromatic carbocycles. The number of nitrogens with zero attached hydrogens (tertiary/aromatic N) is 8. The molecule has 0 amide bonds. The Bertz CT molecular complexity index is 1290. The number of aromatic nitrogens is 4. The number of morpholine rings is 1. The van der Waals surface area contributed by atoms with Crippen molar-refractivity contribution >= 4 is 23.4 Å². The molecule has 0 bridgehead atoms. The zero-order valence-corrected chi connectivity index (χ0v) is 20.8. The lowest BCUT2D eigenvalue weighted by molar-refractivity contribution is 0.0984. The van der Waals surface area contributed by atoms with Crippen LogP contribution in [-0.4, -0.2) is 64.8 Å². The lowest BCUT2D eigenvalue weighted by Gasteiger charge is -2.37.